The lowest BCUT2D eigenvalue weighted by molar-refractivity contribution is -0.0528. The van der Waals surface area contributed by atoms with Gasteiger partial charge in [-0.2, -0.15) is 0 Å². The van der Waals surface area contributed by atoms with Gasteiger partial charge < -0.3 is 0 Å². The van der Waals surface area contributed by atoms with E-state index in [9.17, 15) is 0 Å². The molecule has 3 saturated carbocycles. The van der Waals surface area contributed by atoms with Crippen LogP contribution in [0.5, 0.6) is 0 Å². The zero-order chi connectivity index (χ0) is 20.8. The highest BCUT2D eigenvalue weighted by Crippen LogP contribution is 2.67. The molecule has 0 bridgehead atoms. The van der Waals surface area contributed by atoms with E-state index in [-0.39, 0.29) is 0 Å². The summed E-state index contributed by atoms with van der Waals surface area (Å²) in [6.45, 7) is 15.2. The van der Waals surface area contributed by atoms with Crippen molar-refractivity contribution in [3.05, 3.63) is 11.6 Å². The van der Waals surface area contributed by atoms with Gasteiger partial charge in [0.25, 0.3) is 0 Å². The number of allylic oxidation sites excluding steroid dienone is 2. The summed E-state index contributed by atoms with van der Waals surface area (Å²) in [4.78, 5) is 0. The smallest absolute Gasteiger partial charge is 0.00851 e. The molecule has 6 unspecified atom stereocenters. The van der Waals surface area contributed by atoms with Crippen LogP contribution in [0.3, 0.4) is 0 Å². The van der Waals surface area contributed by atoms with E-state index in [1.165, 1.54) is 77.0 Å². The molecule has 3 fully saturated rings. The first-order chi connectivity index (χ1) is 13.8. The van der Waals surface area contributed by atoms with Gasteiger partial charge >= 0.3 is 0 Å². The number of fused-ring (bicyclic) bond motifs is 5. The van der Waals surface area contributed by atoms with E-state index in [0.717, 1.165) is 41.4 Å². The number of rotatable bonds is 6. The first kappa shape index (κ1) is 22.0. The Balaban J connectivity index is 1.48. The average molecular weight is 399 g/mol. The molecule has 0 N–H and O–H groups in total. The van der Waals surface area contributed by atoms with Gasteiger partial charge in [-0.25, -0.2) is 0 Å². The maximum absolute atomic E-state index is 2.77. The van der Waals surface area contributed by atoms with Crippen molar-refractivity contribution < 1.29 is 0 Å². The summed E-state index contributed by atoms with van der Waals surface area (Å²) in [5.74, 6) is 6.78. The van der Waals surface area contributed by atoms with Gasteiger partial charge in [-0.15, -0.1) is 0 Å². The van der Waals surface area contributed by atoms with Crippen LogP contribution in [0.25, 0.3) is 0 Å². The van der Waals surface area contributed by atoms with Crippen molar-refractivity contribution in [3.8, 4) is 0 Å². The quantitative estimate of drug-likeness (QED) is 0.391. The van der Waals surface area contributed by atoms with Gasteiger partial charge in [-0.05, 0) is 104 Å². The Kier molecular flexibility index (Phi) is 6.32. The van der Waals surface area contributed by atoms with Crippen molar-refractivity contribution in [1.29, 1.82) is 0 Å². The minimum absolute atomic E-state index is 0.552. The Bertz CT molecular complexity index is 599. The molecule has 0 nitrogen and oxygen atoms in total. The van der Waals surface area contributed by atoms with Crippen LogP contribution in [0.2, 0.25) is 0 Å². The monoisotopic (exact) mass is 398 g/mol. The van der Waals surface area contributed by atoms with Crippen LogP contribution in [0.4, 0.5) is 0 Å². The fourth-order valence-electron chi connectivity index (χ4n) is 9.11. The Hall–Kier alpha value is -0.260. The second kappa shape index (κ2) is 8.35. The van der Waals surface area contributed by atoms with Crippen molar-refractivity contribution >= 4 is 0 Å². The maximum atomic E-state index is 2.77. The molecule has 0 radical (unpaired) electrons. The van der Waals surface area contributed by atoms with Gasteiger partial charge in [-0.1, -0.05) is 78.9 Å². The Morgan fingerprint density at radius 3 is 2.48 bits per heavy atom. The van der Waals surface area contributed by atoms with Gasteiger partial charge in [0.15, 0.2) is 0 Å². The highest BCUT2D eigenvalue weighted by atomic mass is 14.6. The van der Waals surface area contributed by atoms with E-state index in [2.05, 4.69) is 47.6 Å². The summed E-state index contributed by atoms with van der Waals surface area (Å²) in [7, 11) is 0. The second-order valence-electron chi connectivity index (χ2n) is 12.8. The van der Waals surface area contributed by atoms with Crippen LogP contribution < -0.4 is 0 Å². The SMILES string of the molecule is CCC1CCC2(C)C(=CC[C@@H]3C2CCC2(C)C3CCC2[C@H](C)CCCC(C)C)C1. The molecule has 4 aliphatic carbocycles. The van der Waals surface area contributed by atoms with Crippen molar-refractivity contribution in [2.75, 3.05) is 0 Å². The first-order valence-electron chi connectivity index (χ1n) is 13.5. The molecule has 8 atom stereocenters. The molecular weight excluding hydrogens is 348 g/mol. The Morgan fingerprint density at radius 1 is 0.966 bits per heavy atom. The third-order valence-electron chi connectivity index (χ3n) is 11.0. The summed E-state index contributed by atoms with van der Waals surface area (Å²) >= 11 is 0. The van der Waals surface area contributed by atoms with E-state index in [1.807, 2.05) is 5.57 Å². The normalized spacial score (nSPS) is 45.3. The van der Waals surface area contributed by atoms with Crippen LogP contribution >= 0.6 is 0 Å². The fourth-order valence-corrected chi connectivity index (χ4v) is 9.11. The number of hydrogen-bond acceptors (Lipinski definition) is 0. The van der Waals surface area contributed by atoms with E-state index in [0.29, 0.717) is 10.8 Å². The van der Waals surface area contributed by atoms with Gasteiger partial charge in [0.2, 0.25) is 0 Å². The Labute approximate surface area is 182 Å². The minimum atomic E-state index is 0.552. The number of hydrogen-bond donors (Lipinski definition) is 0. The molecule has 0 heteroatoms. The van der Waals surface area contributed by atoms with Gasteiger partial charge in [0.1, 0.15) is 0 Å². The van der Waals surface area contributed by atoms with Gasteiger partial charge in [0, 0.05) is 0 Å². The molecule has 0 saturated heterocycles. The minimum Gasteiger partial charge on any atom is -0.0845 e. The molecule has 0 amide bonds. The molecule has 0 aromatic heterocycles. The first-order valence-corrected chi connectivity index (χ1v) is 13.5. The fraction of sp³-hybridized carbons (Fsp3) is 0.931. The molecule has 0 spiro atoms. The largest absolute Gasteiger partial charge is 0.0845 e. The molecule has 29 heavy (non-hydrogen) atoms. The van der Waals surface area contributed by atoms with E-state index >= 15 is 0 Å². The van der Waals surface area contributed by atoms with Crippen molar-refractivity contribution in [3.63, 3.8) is 0 Å². The summed E-state index contributed by atoms with van der Waals surface area (Å²) in [5, 5.41) is 0. The second-order valence-corrected chi connectivity index (χ2v) is 12.8. The lowest BCUT2D eigenvalue weighted by Gasteiger charge is -2.58. The lowest BCUT2D eigenvalue weighted by atomic mass is 9.46. The van der Waals surface area contributed by atoms with E-state index in [1.54, 1.807) is 0 Å². The van der Waals surface area contributed by atoms with Crippen LogP contribution in [0.15, 0.2) is 11.6 Å². The van der Waals surface area contributed by atoms with E-state index < -0.39 is 0 Å². The van der Waals surface area contributed by atoms with E-state index in [4.69, 9.17) is 0 Å². The summed E-state index contributed by atoms with van der Waals surface area (Å²) < 4.78 is 0. The summed E-state index contributed by atoms with van der Waals surface area (Å²) in [5.41, 5.74) is 3.08. The van der Waals surface area contributed by atoms with Crippen LogP contribution in [0.1, 0.15) is 119 Å². The standard InChI is InChI=1S/C29H50/c1-7-22-15-17-28(5)23(19-22)11-12-24-26-14-13-25(21(4)10-8-9-20(2)3)29(26,6)18-16-27(24)28/h11,20-22,24-27H,7-10,12-19H2,1-6H3/t21-,22?,24+,25?,26?,27?,28?,29?/m1/s1. The molecule has 0 aliphatic heterocycles. The molecule has 4 rings (SSSR count). The molecule has 4 aliphatic rings. The summed E-state index contributed by atoms with van der Waals surface area (Å²) in [6, 6.07) is 0. The molecular formula is C29H50. The van der Waals surface area contributed by atoms with Crippen molar-refractivity contribution in [2.24, 2.45) is 52.3 Å². The highest BCUT2D eigenvalue weighted by Gasteiger charge is 2.58. The topological polar surface area (TPSA) is 0 Å². The molecule has 0 aromatic rings. The van der Waals surface area contributed by atoms with Crippen LogP contribution in [-0.4, -0.2) is 0 Å². The third kappa shape index (κ3) is 3.78. The summed E-state index contributed by atoms with van der Waals surface area (Å²) in [6.07, 6.45) is 20.4. The van der Waals surface area contributed by atoms with Crippen molar-refractivity contribution in [2.45, 2.75) is 119 Å². The van der Waals surface area contributed by atoms with Crippen molar-refractivity contribution in [1.82, 2.24) is 0 Å². The van der Waals surface area contributed by atoms with Crippen LogP contribution in [0, 0.1) is 52.3 Å². The Morgan fingerprint density at radius 2 is 1.76 bits per heavy atom. The lowest BCUT2D eigenvalue weighted by Crippen LogP contribution is -2.50. The maximum Gasteiger partial charge on any atom is -0.00851 e. The highest BCUT2D eigenvalue weighted by molar-refractivity contribution is 5.25. The van der Waals surface area contributed by atoms with Gasteiger partial charge in [0.05, 0.1) is 0 Å². The molecule has 0 heterocycles. The third-order valence-corrected chi connectivity index (χ3v) is 11.0. The zero-order valence-electron chi connectivity index (χ0n) is 20.6. The molecule has 166 valence electrons. The average Bonchev–Trinajstić information content (AvgIpc) is 3.04. The van der Waals surface area contributed by atoms with Gasteiger partial charge in [-0.3, -0.25) is 0 Å². The predicted molar refractivity (Wildman–Crippen MR) is 127 cm³/mol. The predicted octanol–water partition coefficient (Wildman–Crippen LogP) is 9.05. The van der Waals surface area contributed by atoms with Crippen LogP contribution in [-0.2, 0) is 0 Å². The molecule has 0 aromatic carbocycles. The zero-order valence-corrected chi connectivity index (χ0v) is 20.6.